The zero-order valence-corrected chi connectivity index (χ0v) is 14.2. The van der Waals surface area contributed by atoms with Gasteiger partial charge in [0.1, 0.15) is 0 Å². The smallest absolute Gasteiger partial charge is 0.222 e. The highest BCUT2D eigenvalue weighted by molar-refractivity contribution is 5.76. The lowest BCUT2D eigenvalue weighted by Crippen LogP contribution is -2.46. The molecule has 1 spiro atoms. The summed E-state index contributed by atoms with van der Waals surface area (Å²) in [5.41, 5.74) is 0.879. The molecule has 1 aromatic rings. The van der Waals surface area contributed by atoms with Gasteiger partial charge in [-0.1, -0.05) is 6.07 Å². The summed E-state index contributed by atoms with van der Waals surface area (Å²) in [5.74, 6) is 1.01. The Labute approximate surface area is 143 Å². The zero-order chi connectivity index (χ0) is 16.4. The molecule has 2 saturated heterocycles. The molecule has 3 aliphatic rings. The Hall–Kier alpha value is -1.46. The molecule has 1 aliphatic carbocycles. The average molecular weight is 330 g/mol. The van der Waals surface area contributed by atoms with E-state index in [9.17, 15) is 4.79 Å². The summed E-state index contributed by atoms with van der Waals surface area (Å²) in [4.78, 5) is 18.6. The highest BCUT2D eigenvalue weighted by Crippen LogP contribution is 2.38. The number of carbonyl (C=O) groups is 1. The molecule has 24 heavy (non-hydrogen) atoms. The minimum atomic E-state index is -0.0782. The lowest BCUT2D eigenvalue weighted by molar-refractivity contribution is -0.136. The first-order valence-corrected chi connectivity index (χ1v) is 9.16. The lowest BCUT2D eigenvalue weighted by Gasteiger charge is -2.38. The van der Waals surface area contributed by atoms with Crippen LogP contribution >= 0.6 is 0 Å². The van der Waals surface area contributed by atoms with Gasteiger partial charge < -0.3 is 14.4 Å². The molecule has 1 atom stereocenters. The number of aromatic nitrogens is 1. The Kier molecular flexibility index (Phi) is 4.55. The predicted octanol–water partition coefficient (Wildman–Crippen LogP) is 2.55. The van der Waals surface area contributed by atoms with E-state index in [1.807, 2.05) is 23.1 Å². The normalized spacial score (nSPS) is 26.0. The number of ether oxygens (including phenoxy) is 2. The Morgan fingerprint density at radius 2 is 2.17 bits per heavy atom. The molecule has 130 valence electrons. The maximum atomic E-state index is 12.2. The summed E-state index contributed by atoms with van der Waals surface area (Å²) < 4.78 is 12.1. The molecule has 1 saturated carbocycles. The van der Waals surface area contributed by atoms with Crippen molar-refractivity contribution in [2.45, 2.75) is 56.8 Å². The monoisotopic (exact) mass is 330 g/mol. The fourth-order valence-corrected chi connectivity index (χ4v) is 3.81. The summed E-state index contributed by atoms with van der Waals surface area (Å²) in [7, 11) is 0. The standard InChI is InChI=1S/C19H26N2O3/c22-18(11-15-4-5-15)21-9-6-19(7-10-21)12-17(14-24-19)23-13-16-3-1-2-8-20-16/h1-3,8,15,17H,4-7,9-14H2/t17-/m1/s1. The van der Waals surface area contributed by atoms with E-state index in [4.69, 9.17) is 9.47 Å². The number of hydrogen-bond acceptors (Lipinski definition) is 4. The highest BCUT2D eigenvalue weighted by atomic mass is 16.6. The molecule has 0 unspecified atom stereocenters. The van der Waals surface area contributed by atoms with Gasteiger partial charge in [-0.3, -0.25) is 9.78 Å². The lowest BCUT2D eigenvalue weighted by atomic mass is 9.88. The summed E-state index contributed by atoms with van der Waals surface area (Å²) in [6.45, 7) is 2.86. The van der Waals surface area contributed by atoms with Crippen LogP contribution in [0.2, 0.25) is 0 Å². The Balaban J connectivity index is 1.23. The van der Waals surface area contributed by atoms with Crippen molar-refractivity contribution in [3.63, 3.8) is 0 Å². The van der Waals surface area contributed by atoms with Crippen LogP contribution in [0.1, 0.15) is 44.2 Å². The molecule has 2 aliphatic heterocycles. The van der Waals surface area contributed by atoms with Crippen molar-refractivity contribution in [1.29, 1.82) is 0 Å². The van der Waals surface area contributed by atoms with Crippen molar-refractivity contribution >= 4 is 5.91 Å². The quantitative estimate of drug-likeness (QED) is 0.832. The van der Waals surface area contributed by atoms with Crippen LogP contribution in [0, 0.1) is 5.92 Å². The second-order valence-corrected chi connectivity index (χ2v) is 7.48. The third-order valence-electron chi connectivity index (χ3n) is 5.56. The van der Waals surface area contributed by atoms with Crippen LogP contribution in [0.15, 0.2) is 24.4 Å². The van der Waals surface area contributed by atoms with Crippen molar-refractivity contribution in [2.75, 3.05) is 19.7 Å². The number of nitrogens with zero attached hydrogens (tertiary/aromatic N) is 2. The van der Waals surface area contributed by atoms with Gasteiger partial charge in [0.15, 0.2) is 0 Å². The maximum absolute atomic E-state index is 12.2. The molecule has 5 heteroatoms. The zero-order valence-electron chi connectivity index (χ0n) is 14.2. The number of piperidine rings is 1. The van der Waals surface area contributed by atoms with Gasteiger partial charge in [0.05, 0.1) is 30.6 Å². The van der Waals surface area contributed by atoms with Crippen LogP contribution in [-0.4, -0.2) is 47.2 Å². The molecule has 4 rings (SSSR count). The number of hydrogen-bond donors (Lipinski definition) is 0. The van der Waals surface area contributed by atoms with E-state index < -0.39 is 0 Å². The molecule has 1 aromatic heterocycles. The predicted molar refractivity (Wildman–Crippen MR) is 89.3 cm³/mol. The first kappa shape index (κ1) is 16.0. The van der Waals surface area contributed by atoms with Gasteiger partial charge in [-0.05, 0) is 43.7 Å². The Morgan fingerprint density at radius 1 is 1.33 bits per heavy atom. The van der Waals surface area contributed by atoms with Gasteiger partial charge >= 0.3 is 0 Å². The SMILES string of the molecule is O=C(CC1CC1)N1CCC2(CC1)C[C@@H](OCc1ccccn1)CO2. The van der Waals surface area contributed by atoms with Crippen molar-refractivity contribution in [3.8, 4) is 0 Å². The average Bonchev–Trinajstić information content (AvgIpc) is 3.35. The van der Waals surface area contributed by atoms with Crippen LogP contribution in [0.4, 0.5) is 0 Å². The third kappa shape index (κ3) is 3.78. The molecule has 3 fully saturated rings. The topological polar surface area (TPSA) is 51.7 Å². The van der Waals surface area contributed by atoms with E-state index in [0.717, 1.165) is 44.5 Å². The molecule has 0 bridgehead atoms. The Morgan fingerprint density at radius 3 is 2.88 bits per heavy atom. The fourth-order valence-electron chi connectivity index (χ4n) is 3.81. The van der Waals surface area contributed by atoms with E-state index in [1.165, 1.54) is 12.8 Å². The second-order valence-electron chi connectivity index (χ2n) is 7.48. The molecule has 0 N–H and O–H groups in total. The molecular formula is C19H26N2O3. The van der Waals surface area contributed by atoms with Gasteiger partial charge in [0.2, 0.25) is 5.91 Å². The minimum absolute atomic E-state index is 0.0782. The minimum Gasteiger partial charge on any atom is -0.372 e. The summed E-state index contributed by atoms with van der Waals surface area (Å²) in [6, 6.07) is 5.87. The molecule has 0 aromatic carbocycles. The van der Waals surface area contributed by atoms with Gasteiger partial charge in [0, 0.05) is 32.1 Å². The Bertz CT molecular complexity index is 565. The molecule has 1 amide bonds. The largest absolute Gasteiger partial charge is 0.372 e. The summed E-state index contributed by atoms with van der Waals surface area (Å²) in [5, 5.41) is 0. The van der Waals surface area contributed by atoms with Crippen LogP contribution in [0.3, 0.4) is 0 Å². The van der Waals surface area contributed by atoms with Crippen LogP contribution in [-0.2, 0) is 20.9 Å². The van der Waals surface area contributed by atoms with Crippen LogP contribution < -0.4 is 0 Å². The number of amides is 1. The second kappa shape index (κ2) is 6.81. The van der Waals surface area contributed by atoms with E-state index in [0.29, 0.717) is 25.0 Å². The van der Waals surface area contributed by atoms with Crippen LogP contribution in [0.5, 0.6) is 0 Å². The van der Waals surface area contributed by atoms with Gasteiger partial charge in [-0.15, -0.1) is 0 Å². The number of carbonyl (C=O) groups excluding carboxylic acids is 1. The highest BCUT2D eigenvalue weighted by Gasteiger charge is 2.44. The molecule has 5 nitrogen and oxygen atoms in total. The number of likely N-dealkylation sites (tertiary alicyclic amines) is 1. The number of rotatable bonds is 5. The summed E-state index contributed by atoms with van der Waals surface area (Å²) >= 11 is 0. The molecule has 0 radical (unpaired) electrons. The fraction of sp³-hybridized carbons (Fsp3) is 0.684. The van der Waals surface area contributed by atoms with Crippen molar-refractivity contribution < 1.29 is 14.3 Å². The maximum Gasteiger partial charge on any atom is 0.222 e. The number of pyridine rings is 1. The van der Waals surface area contributed by atoms with Gasteiger partial charge in [-0.2, -0.15) is 0 Å². The van der Waals surface area contributed by atoms with E-state index in [1.54, 1.807) is 6.20 Å². The first-order valence-electron chi connectivity index (χ1n) is 9.16. The van der Waals surface area contributed by atoms with Crippen molar-refractivity contribution in [2.24, 2.45) is 5.92 Å². The van der Waals surface area contributed by atoms with E-state index >= 15 is 0 Å². The molecule has 3 heterocycles. The third-order valence-corrected chi connectivity index (χ3v) is 5.56. The van der Waals surface area contributed by atoms with Crippen molar-refractivity contribution in [1.82, 2.24) is 9.88 Å². The van der Waals surface area contributed by atoms with Gasteiger partial charge in [-0.25, -0.2) is 0 Å². The van der Waals surface area contributed by atoms with Crippen molar-refractivity contribution in [3.05, 3.63) is 30.1 Å². The first-order chi connectivity index (χ1) is 11.7. The molecular weight excluding hydrogens is 304 g/mol. The van der Waals surface area contributed by atoms with E-state index in [-0.39, 0.29) is 11.7 Å². The van der Waals surface area contributed by atoms with Gasteiger partial charge in [0.25, 0.3) is 0 Å². The van der Waals surface area contributed by atoms with Crippen LogP contribution in [0.25, 0.3) is 0 Å². The van der Waals surface area contributed by atoms with E-state index in [2.05, 4.69) is 4.98 Å². The summed E-state index contributed by atoms with van der Waals surface area (Å²) in [6.07, 6.45) is 7.97.